The molecule has 0 aliphatic rings. The standard InChI is InChI=1S/C14H19ClN2OS/c1-4-18-8-13(9(2)3)17-12-7-10(15)5-6-11(12)16-14(17)19/h5-7,9,13H,4,8H2,1-3H3,(H,16,19). The third-order valence-corrected chi connectivity index (χ3v) is 3.81. The van der Waals surface area contributed by atoms with E-state index in [-0.39, 0.29) is 6.04 Å². The van der Waals surface area contributed by atoms with Crippen LogP contribution in [0.15, 0.2) is 18.2 Å². The van der Waals surface area contributed by atoms with E-state index in [1.165, 1.54) is 0 Å². The molecular weight excluding hydrogens is 280 g/mol. The van der Waals surface area contributed by atoms with E-state index < -0.39 is 0 Å². The summed E-state index contributed by atoms with van der Waals surface area (Å²) in [5.74, 6) is 0.427. The van der Waals surface area contributed by atoms with E-state index in [1.54, 1.807) is 0 Å². The van der Waals surface area contributed by atoms with E-state index in [4.69, 9.17) is 28.6 Å². The summed E-state index contributed by atoms with van der Waals surface area (Å²) in [5.41, 5.74) is 2.05. The van der Waals surface area contributed by atoms with Crippen molar-refractivity contribution >= 4 is 34.9 Å². The smallest absolute Gasteiger partial charge is 0.178 e. The maximum atomic E-state index is 6.10. The van der Waals surface area contributed by atoms with Gasteiger partial charge in [-0.25, -0.2) is 0 Å². The van der Waals surface area contributed by atoms with Crippen molar-refractivity contribution in [1.29, 1.82) is 0 Å². The molecule has 0 spiro atoms. The molecule has 2 rings (SSSR count). The van der Waals surface area contributed by atoms with Gasteiger partial charge in [-0.15, -0.1) is 0 Å². The monoisotopic (exact) mass is 298 g/mol. The first-order valence-electron chi connectivity index (χ1n) is 6.52. The number of rotatable bonds is 5. The van der Waals surface area contributed by atoms with E-state index in [2.05, 4.69) is 23.4 Å². The van der Waals surface area contributed by atoms with Gasteiger partial charge in [-0.05, 0) is 43.3 Å². The van der Waals surface area contributed by atoms with Crippen molar-refractivity contribution < 1.29 is 4.74 Å². The molecule has 1 N–H and O–H groups in total. The molecule has 0 fully saturated rings. The quantitative estimate of drug-likeness (QED) is 0.819. The van der Waals surface area contributed by atoms with Crippen molar-refractivity contribution in [2.75, 3.05) is 13.2 Å². The van der Waals surface area contributed by atoms with Gasteiger partial charge in [-0.3, -0.25) is 0 Å². The number of hydrogen-bond acceptors (Lipinski definition) is 2. The zero-order valence-electron chi connectivity index (χ0n) is 11.4. The lowest BCUT2D eigenvalue weighted by Gasteiger charge is -2.23. The second-order valence-corrected chi connectivity index (χ2v) is 5.76. The molecule has 0 radical (unpaired) electrons. The number of benzene rings is 1. The van der Waals surface area contributed by atoms with Gasteiger partial charge >= 0.3 is 0 Å². The number of halogens is 1. The van der Waals surface area contributed by atoms with E-state index in [1.807, 2.05) is 25.1 Å². The topological polar surface area (TPSA) is 29.9 Å². The van der Waals surface area contributed by atoms with Crippen LogP contribution >= 0.6 is 23.8 Å². The lowest BCUT2D eigenvalue weighted by atomic mass is 10.1. The Labute approximate surface area is 123 Å². The summed E-state index contributed by atoms with van der Waals surface area (Å²) in [5, 5.41) is 0.717. The Bertz CT molecular complexity index is 617. The first-order chi connectivity index (χ1) is 9.04. The summed E-state index contributed by atoms with van der Waals surface area (Å²) in [6.07, 6.45) is 0. The van der Waals surface area contributed by atoms with Gasteiger partial charge in [0.25, 0.3) is 0 Å². The normalized spacial score (nSPS) is 13.3. The number of nitrogens with one attached hydrogen (secondary N) is 1. The number of nitrogens with zero attached hydrogens (tertiary/aromatic N) is 1. The van der Waals surface area contributed by atoms with E-state index in [0.717, 1.165) is 15.8 Å². The van der Waals surface area contributed by atoms with Gasteiger partial charge in [0.15, 0.2) is 4.77 Å². The van der Waals surface area contributed by atoms with Crippen LogP contribution in [0.1, 0.15) is 26.8 Å². The molecule has 0 aliphatic heterocycles. The molecule has 1 aromatic carbocycles. The maximum absolute atomic E-state index is 6.10. The molecule has 104 valence electrons. The Hall–Kier alpha value is -0.840. The molecule has 1 aromatic heterocycles. The van der Waals surface area contributed by atoms with Crippen LogP contribution in [0.25, 0.3) is 11.0 Å². The van der Waals surface area contributed by atoms with E-state index in [9.17, 15) is 0 Å². The van der Waals surface area contributed by atoms with Gasteiger partial charge in [0.1, 0.15) is 0 Å². The Morgan fingerprint density at radius 3 is 2.79 bits per heavy atom. The summed E-state index contributed by atoms with van der Waals surface area (Å²) in [4.78, 5) is 3.23. The minimum atomic E-state index is 0.208. The predicted octanol–water partition coefficient (Wildman–Crippen LogP) is 4.59. The molecule has 0 bridgehead atoms. The highest BCUT2D eigenvalue weighted by atomic mass is 35.5. The molecular formula is C14H19ClN2OS. The van der Waals surface area contributed by atoms with Gasteiger partial charge in [0, 0.05) is 11.6 Å². The second kappa shape index (κ2) is 6.07. The summed E-state index contributed by atoms with van der Waals surface area (Å²) >= 11 is 11.5. The van der Waals surface area contributed by atoms with Crippen LogP contribution in [-0.4, -0.2) is 22.8 Å². The number of ether oxygens (including phenoxy) is 1. The van der Waals surface area contributed by atoms with Crippen molar-refractivity contribution in [2.45, 2.75) is 26.8 Å². The van der Waals surface area contributed by atoms with Gasteiger partial charge in [0.05, 0.1) is 23.7 Å². The molecule has 5 heteroatoms. The van der Waals surface area contributed by atoms with Crippen LogP contribution in [0, 0.1) is 10.7 Å². The van der Waals surface area contributed by atoms with E-state index in [0.29, 0.717) is 24.2 Å². The number of H-pyrrole nitrogens is 1. The minimum absolute atomic E-state index is 0.208. The Morgan fingerprint density at radius 2 is 2.16 bits per heavy atom. The van der Waals surface area contributed by atoms with Crippen LogP contribution in [-0.2, 0) is 4.74 Å². The molecule has 3 nitrogen and oxygen atoms in total. The fourth-order valence-electron chi connectivity index (χ4n) is 2.23. The fourth-order valence-corrected chi connectivity index (χ4v) is 2.74. The van der Waals surface area contributed by atoms with Crippen molar-refractivity contribution in [3.8, 4) is 0 Å². The molecule has 1 atom stereocenters. The average Bonchev–Trinajstić information content (AvgIpc) is 2.66. The largest absolute Gasteiger partial charge is 0.380 e. The maximum Gasteiger partial charge on any atom is 0.178 e. The lowest BCUT2D eigenvalue weighted by Crippen LogP contribution is -2.21. The molecule has 0 aliphatic carbocycles. The summed E-state index contributed by atoms with van der Waals surface area (Å²) < 4.78 is 8.44. The molecule has 0 amide bonds. The summed E-state index contributed by atoms with van der Waals surface area (Å²) in [6, 6.07) is 5.98. The molecule has 0 saturated heterocycles. The summed E-state index contributed by atoms with van der Waals surface area (Å²) in [6.45, 7) is 7.72. The van der Waals surface area contributed by atoms with Crippen molar-refractivity contribution in [2.24, 2.45) is 5.92 Å². The van der Waals surface area contributed by atoms with Gasteiger partial charge in [-0.1, -0.05) is 25.4 Å². The van der Waals surface area contributed by atoms with E-state index >= 15 is 0 Å². The highest BCUT2D eigenvalue weighted by molar-refractivity contribution is 7.71. The number of aromatic amines is 1. The number of aromatic nitrogens is 2. The van der Waals surface area contributed by atoms with Crippen molar-refractivity contribution in [1.82, 2.24) is 9.55 Å². The number of imidazole rings is 1. The first-order valence-corrected chi connectivity index (χ1v) is 7.30. The third-order valence-electron chi connectivity index (χ3n) is 3.27. The Balaban J connectivity index is 2.54. The Kier molecular flexibility index (Phi) is 4.66. The minimum Gasteiger partial charge on any atom is -0.380 e. The van der Waals surface area contributed by atoms with Gasteiger partial charge in [-0.2, -0.15) is 0 Å². The average molecular weight is 299 g/mol. The first kappa shape index (κ1) is 14.6. The predicted molar refractivity (Wildman–Crippen MR) is 82.5 cm³/mol. The molecule has 1 unspecified atom stereocenters. The van der Waals surface area contributed by atoms with Crippen LogP contribution in [0.3, 0.4) is 0 Å². The zero-order chi connectivity index (χ0) is 14.0. The number of fused-ring (bicyclic) bond motifs is 1. The van der Waals surface area contributed by atoms with Crippen LogP contribution in [0.2, 0.25) is 5.02 Å². The Morgan fingerprint density at radius 1 is 1.42 bits per heavy atom. The SMILES string of the molecule is CCOCC(C(C)C)n1c(=S)[nH]c2ccc(Cl)cc21. The van der Waals surface area contributed by atoms with Gasteiger partial charge in [0.2, 0.25) is 0 Å². The van der Waals surface area contributed by atoms with Crippen LogP contribution in [0.4, 0.5) is 0 Å². The number of hydrogen-bond donors (Lipinski definition) is 1. The molecule has 0 saturated carbocycles. The summed E-state index contributed by atoms with van der Waals surface area (Å²) in [7, 11) is 0. The third kappa shape index (κ3) is 3.02. The molecule has 1 heterocycles. The zero-order valence-corrected chi connectivity index (χ0v) is 13.0. The fraction of sp³-hybridized carbons (Fsp3) is 0.500. The van der Waals surface area contributed by atoms with Gasteiger partial charge < -0.3 is 14.3 Å². The highest BCUT2D eigenvalue weighted by Crippen LogP contribution is 2.26. The van der Waals surface area contributed by atoms with Crippen molar-refractivity contribution in [3.05, 3.63) is 28.0 Å². The lowest BCUT2D eigenvalue weighted by molar-refractivity contribution is 0.0974. The van der Waals surface area contributed by atoms with Crippen molar-refractivity contribution in [3.63, 3.8) is 0 Å². The second-order valence-electron chi connectivity index (χ2n) is 4.93. The van der Waals surface area contributed by atoms with Crippen LogP contribution < -0.4 is 0 Å². The molecule has 2 aromatic rings. The molecule has 19 heavy (non-hydrogen) atoms. The highest BCUT2D eigenvalue weighted by Gasteiger charge is 2.19. The van der Waals surface area contributed by atoms with Crippen LogP contribution in [0.5, 0.6) is 0 Å².